The molecule has 1 aliphatic rings. The van der Waals surface area contributed by atoms with Gasteiger partial charge < -0.3 is 11.1 Å². The number of halogens is 2. The number of hydrogen-bond donors (Lipinski definition) is 2. The summed E-state index contributed by atoms with van der Waals surface area (Å²) in [5.41, 5.74) is 6.73. The molecule has 106 valence electrons. The van der Waals surface area contributed by atoms with E-state index in [1.807, 2.05) is 0 Å². The lowest BCUT2D eigenvalue weighted by molar-refractivity contribution is 0.351. The molecule has 4 heteroatoms. The van der Waals surface area contributed by atoms with Crippen LogP contribution < -0.4 is 11.1 Å². The highest BCUT2D eigenvalue weighted by molar-refractivity contribution is 6.30. The van der Waals surface area contributed by atoms with Crippen LogP contribution in [0.1, 0.15) is 44.7 Å². The minimum absolute atomic E-state index is 0.157. The third-order valence-electron chi connectivity index (χ3n) is 4.00. The quantitative estimate of drug-likeness (QED) is 0.886. The maximum absolute atomic E-state index is 14.0. The molecule has 0 heterocycles. The summed E-state index contributed by atoms with van der Waals surface area (Å²) in [4.78, 5) is 0. The Hall–Kier alpha value is -0.640. The molecule has 0 saturated heterocycles. The molecule has 0 spiro atoms. The minimum atomic E-state index is -0.357. The summed E-state index contributed by atoms with van der Waals surface area (Å²) in [6.45, 7) is 4.91. The van der Waals surface area contributed by atoms with Crippen molar-refractivity contribution in [1.82, 2.24) is 5.32 Å². The summed E-state index contributed by atoms with van der Waals surface area (Å²) in [7, 11) is 0. The second-order valence-corrected chi connectivity index (χ2v) is 6.61. The summed E-state index contributed by atoms with van der Waals surface area (Å²) in [5.74, 6) is -0.357. The van der Waals surface area contributed by atoms with Gasteiger partial charge in [0.25, 0.3) is 0 Å². The van der Waals surface area contributed by atoms with Gasteiger partial charge in [0.2, 0.25) is 0 Å². The molecule has 0 radical (unpaired) electrons. The van der Waals surface area contributed by atoms with Crippen molar-refractivity contribution in [3.63, 3.8) is 0 Å². The van der Waals surface area contributed by atoms with Gasteiger partial charge in [0.1, 0.15) is 5.82 Å². The van der Waals surface area contributed by atoms with E-state index in [-0.39, 0.29) is 16.9 Å². The molecule has 0 bridgehead atoms. The highest BCUT2D eigenvalue weighted by atomic mass is 35.5. The maximum atomic E-state index is 14.0. The fourth-order valence-corrected chi connectivity index (χ4v) is 3.12. The Morgan fingerprint density at radius 1 is 1.53 bits per heavy atom. The molecule has 1 aromatic carbocycles. The van der Waals surface area contributed by atoms with Crippen molar-refractivity contribution in [3.05, 3.63) is 34.6 Å². The Morgan fingerprint density at radius 2 is 2.26 bits per heavy atom. The van der Waals surface area contributed by atoms with Crippen LogP contribution in [0.15, 0.2) is 18.2 Å². The number of nitrogens with one attached hydrogen (secondary N) is 1. The average molecular weight is 285 g/mol. The molecule has 19 heavy (non-hydrogen) atoms. The summed E-state index contributed by atoms with van der Waals surface area (Å²) < 4.78 is 14.0. The molecule has 1 fully saturated rings. The van der Waals surface area contributed by atoms with E-state index in [2.05, 4.69) is 19.2 Å². The van der Waals surface area contributed by atoms with E-state index >= 15 is 0 Å². The first-order valence-electron chi connectivity index (χ1n) is 6.83. The summed E-state index contributed by atoms with van der Waals surface area (Å²) >= 11 is 5.83. The maximum Gasteiger partial charge on any atom is 0.146 e. The normalized spacial score (nSPS) is 23.5. The van der Waals surface area contributed by atoms with Gasteiger partial charge >= 0.3 is 0 Å². The zero-order valence-corrected chi connectivity index (χ0v) is 12.3. The van der Waals surface area contributed by atoms with Crippen molar-refractivity contribution in [2.75, 3.05) is 6.54 Å². The fourth-order valence-electron chi connectivity index (χ4n) is 2.94. The van der Waals surface area contributed by atoms with E-state index in [9.17, 15) is 4.39 Å². The zero-order chi connectivity index (χ0) is 14.0. The van der Waals surface area contributed by atoms with Gasteiger partial charge in [-0.25, -0.2) is 4.39 Å². The van der Waals surface area contributed by atoms with Gasteiger partial charge in [-0.2, -0.15) is 0 Å². The molecule has 1 saturated carbocycles. The lowest BCUT2D eigenvalue weighted by Gasteiger charge is -2.24. The van der Waals surface area contributed by atoms with E-state index in [0.29, 0.717) is 23.6 Å². The molecule has 1 aliphatic carbocycles. The Kier molecular flexibility index (Phi) is 4.49. The third kappa shape index (κ3) is 3.47. The Morgan fingerprint density at radius 3 is 2.84 bits per heavy atom. The number of rotatable bonds is 4. The molecule has 2 atom stereocenters. The largest absolute Gasteiger partial charge is 0.329 e. The smallest absolute Gasteiger partial charge is 0.146 e. The van der Waals surface area contributed by atoms with Crippen molar-refractivity contribution in [3.8, 4) is 0 Å². The van der Waals surface area contributed by atoms with E-state index in [0.717, 1.165) is 12.8 Å². The van der Waals surface area contributed by atoms with Crippen molar-refractivity contribution >= 4 is 11.6 Å². The lowest BCUT2D eigenvalue weighted by Crippen LogP contribution is -2.36. The topological polar surface area (TPSA) is 38.0 Å². The highest BCUT2D eigenvalue weighted by Crippen LogP contribution is 2.38. The van der Waals surface area contributed by atoms with Crippen LogP contribution in [0, 0.1) is 11.2 Å². The lowest BCUT2D eigenvalue weighted by atomic mass is 9.91. The van der Waals surface area contributed by atoms with Gasteiger partial charge in [0, 0.05) is 24.2 Å². The predicted octanol–water partition coefficient (Wildman–Crippen LogP) is 3.65. The molecular formula is C15H22ClFN2. The third-order valence-corrected chi connectivity index (χ3v) is 4.29. The predicted molar refractivity (Wildman–Crippen MR) is 77.8 cm³/mol. The van der Waals surface area contributed by atoms with Crippen LogP contribution in [0.3, 0.4) is 0 Å². The summed E-state index contributed by atoms with van der Waals surface area (Å²) in [5, 5.41) is 3.64. The van der Waals surface area contributed by atoms with Crippen LogP contribution in [-0.4, -0.2) is 12.6 Å². The average Bonchev–Trinajstić information content (AvgIpc) is 2.70. The molecule has 2 nitrogen and oxygen atoms in total. The molecular weight excluding hydrogens is 263 g/mol. The van der Waals surface area contributed by atoms with Crippen LogP contribution in [0.25, 0.3) is 0 Å². The molecule has 0 aliphatic heterocycles. The van der Waals surface area contributed by atoms with Crippen molar-refractivity contribution in [1.29, 1.82) is 0 Å². The second-order valence-electron chi connectivity index (χ2n) is 6.20. The molecule has 2 unspecified atom stereocenters. The number of hydrogen-bond acceptors (Lipinski definition) is 2. The fraction of sp³-hybridized carbons (Fsp3) is 0.600. The Bertz CT molecular complexity index is 448. The van der Waals surface area contributed by atoms with Gasteiger partial charge in [0.15, 0.2) is 0 Å². The molecule has 3 N–H and O–H groups in total. The number of nitrogens with two attached hydrogens (primary N) is 1. The van der Waals surface area contributed by atoms with Gasteiger partial charge in [-0.1, -0.05) is 37.6 Å². The monoisotopic (exact) mass is 284 g/mol. The van der Waals surface area contributed by atoms with Gasteiger partial charge in [0.05, 0.1) is 5.02 Å². The summed E-state index contributed by atoms with van der Waals surface area (Å²) in [6.07, 6.45) is 3.41. The van der Waals surface area contributed by atoms with Crippen molar-refractivity contribution in [2.45, 2.75) is 45.2 Å². The van der Waals surface area contributed by atoms with E-state index in [1.165, 1.54) is 6.42 Å². The Balaban J connectivity index is 2.11. The molecule has 0 amide bonds. The van der Waals surface area contributed by atoms with E-state index in [4.69, 9.17) is 17.3 Å². The molecule has 1 aromatic rings. The second kappa shape index (κ2) is 5.78. The first kappa shape index (κ1) is 14.8. The van der Waals surface area contributed by atoms with E-state index < -0.39 is 0 Å². The highest BCUT2D eigenvalue weighted by Gasteiger charge is 2.32. The van der Waals surface area contributed by atoms with Crippen LogP contribution in [0.5, 0.6) is 0 Å². The first-order valence-corrected chi connectivity index (χ1v) is 7.21. The van der Waals surface area contributed by atoms with Crippen molar-refractivity contribution in [2.24, 2.45) is 11.1 Å². The molecule has 0 aromatic heterocycles. The van der Waals surface area contributed by atoms with Gasteiger partial charge in [-0.3, -0.25) is 0 Å². The standard InChI is InChI=1S/C15H22ClFN2/c1-15(2)7-6-10(8-15)19-13(9-18)11-4-3-5-12(16)14(11)17/h3-5,10,13,19H,6-9,18H2,1-2H3. The SMILES string of the molecule is CC1(C)CCC(NC(CN)c2cccc(Cl)c2F)C1. The van der Waals surface area contributed by atoms with Crippen molar-refractivity contribution < 1.29 is 4.39 Å². The van der Waals surface area contributed by atoms with Crippen LogP contribution in [-0.2, 0) is 0 Å². The zero-order valence-electron chi connectivity index (χ0n) is 11.5. The van der Waals surface area contributed by atoms with Gasteiger partial charge in [-0.05, 0) is 30.7 Å². The molecule has 2 rings (SSSR count). The van der Waals surface area contributed by atoms with Crippen LogP contribution in [0.2, 0.25) is 5.02 Å². The van der Waals surface area contributed by atoms with Crippen LogP contribution >= 0.6 is 11.6 Å². The first-order chi connectivity index (χ1) is 8.93. The Labute approximate surface area is 119 Å². The minimum Gasteiger partial charge on any atom is -0.329 e. The van der Waals surface area contributed by atoms with Gasteiger partial charge in [-0.15, -0.1) is 0 Å². The van der Waals surface area contributed by atoms with E-state index in [1.54, 1.807) is 18.2 Å². The number of benzene rings is 1. The van der Waals surface area contributed by atoms with Crippen LogP contribution in [0.4, 0.5) is 4.39 Å². The summed E-state index contributed by atoms with van der Waals surface area (Å²) in [6, 6.07) is 5.32.